The second-order valence-corrected chi connectivity index (χ2v) is 10.9. The van der Waals surface area contributed by atoms with E-state index in [1.807, 2.05) is 0 Å². The van der Waals surface area contributed by atoms with Gasteiger partial charge in [-0.25, -0.2) is 22.0 Å². The second kappa shape index (κ2) is 11.3. The average molecular weight is 480 g/mol. The van der Waals surface area contributed by atoms with Gasteiger partial charge >= 0.3 is 0 Å². The number of halogens is 5. The highest BCUT2D eigenvalue weighted by Gasteiger charge is 2.29. The molecule has 2 nitrogen and oxygen atoms in total. The standard InChI is InChI=1S/C12H18FNOS.C9H8F4.C3H8/c1-8(13)9-4-5-10-11(6-9)14-7-12(10)16(2,3)15;1-5-3-8(11)6(4-7(5)10)9(2,12)13;1-3-2/h7-9,14H,2,4-6H2,1,3H3;3-4H,1-2H3;3H2,1-2H3. The molecule has 1 N–H and O–H groups in total. The van der Waals surface area contributed by atoms with Crippen molar-refractivity contribution >= 4 is 15.4 Å². The largest absolute Gasteiger partial charge is 0.364 e. The van der Waals surface area contributed by atoms with Gasteiger partial charge in [0.2, 0.25) is 0 Å². The first-order valence-electron chi connectivity index (χ1n) is 10.6. The van der Waals surface area contributed by atoms with Crippen LogP contribution >= 0.6 is 0 Å². The van der Waals surface area contributed by atoms with Gasteiger partial charge in [0.1, 0.15) is 17.8 Å². The van der Waals surface area contributed by atoms with Crippen molar-refractivity contribution in [3.8, 4) is 0 Å². The number of H-pyrrole nitrogens is 1. The van der Waals surface area contributed by atoms with Crippen molar-refractivity contribution in [3.05, 3.63) is 52.3 Å². The van der Waals surface area contributed by atoms with Crippen molar-refractivity contribution in [2.24, 2.45) is 5.92 Å². The minimum Gasteiger partial charge on any atom is -0.364 e. The maximum absolute atomic E-state index is 13.2. The molecular weight excluding hydrogens is 445 g/mol. The minimum absolute atomic E-state index is 0.0190. The first-order valence-corrected chi connectivity index (χ1v) is 12.8. The Labute approximate surface area is 188 Å². The van der Waals surface area contributed by atoms with Crippen LogP contribution in [-0.2, 0) is 28.3 Å². The van der Waals surface area contributed by atoms with E-state index in [2.05, 4.69) is 24.7 Å². The molecule has 0 saturated carbocycles. The van der Waals surface area contributed by atoms with Gasteiger partial charge in [0.15, 0.2) is 0 Å². The molecule has 2 aromatic rings. The maximum atomic E-state index is 13.2. The summed E-state index contributed by atoms with van der Waals surface area (Å²) in [4.78, 5) is 3.96. The summed E-state index contributed by atoms with van der Waals surface area (Å²) < 4.78 is 76.1. The van der Waals surface area contributed by atoms with Crippen LogP contribution < -0.4 is 0 Å². The second-order valence-electron chi connectivity index (χ2n) is 8.47. The lowest BCUT2D eigenvalue weighted by atomic mass is 9.85. The minimum atomic E-state index is -3.35. The molecule has 3 rings (SSSR count). The molecular formula is C24H34F5NOS. The van der Waals surface area contributed by atoms with E-state index in [9.17, 15) is 26.2 Å². The number of nitrogens with one attached hydrogen (secondary N) is 1. The van der Waals surface area contributed by atoms with E-state index < -0.39 is 38.8 Å². The molecule has 1 aromatic heterocycles. The highest BCUT2D eigenvalue weighted by atomic mass is 32.2. The summed E-state index contributed by atoms with van der Waals surface area (Å²) in [6.45, 7) is 7.71. The number of rotatable bonds is 3. The Morgan fingerprint density at radius 3 is 2.28 bits per heavy atom. The fraction of sp³-hybridized carbons (Fsp3) is 0.542. The SMILES string of the molecule is C=S(C)(=O)c1c[nH]c2c1CCC(C(C)F)C2.CCC.Cc1cc(F)c(C(C)(F)F)cc1F. The lowest BCUT2D eigenvalue weighted by Crippen LogP contribution is -2.21. The van der Waals surface area contributed by atoms with Crippen molar-refractivity contribution in [2.45, 2.75) is 77.3 Å². The predicted octanol–water partition coefficient (Wildman–Crippen LogP) is 6.98. The van der Waals surface area contributed by atoms with Crippen molar-refractivity contribution in [1.82, 2.24) is 4.98 Å². The zero-order valence-electron chi connectivity index (χ0n) is 19.6. The van der Waals surface area contributed by atoms with E-state index in [-0.39, 0.29) is 11.5 Å². The first-order chi connectivity index (χ1) is 14.6. The van der Waals surface area contributed by atoms with Crippen LogP contribution in [-0.4, -0.2) is 27.5 Å². The van der Waals surface area contributed by atoms with Crippen molar-refractivity contribution in [1.29, 1.82) is 0 Å². The molecule has 0 aliphatic heterocycles. The van der Waals surface area contributed by atoms with Gasteiger partial charge in [-0.15, -0.1) is 0 Å². The van der Waals surface area contributed by atoms with Gasteiger partial charge in [0.25, 0.3) is 5.92 Å². The lowest BCUT2D eigenvalue weighted by molar-refractivity contribution is 0.0134. The molecule has 32 heavy (non-hydrogen) atoms. The van der Waals surface area contributed by atoms with Gasteiger partial charge in [-0.05, 0) is 77.7 Å². The number of alkyl halides is 3. The van der Waals surface area contributed by atoms with E-state index in [4.69, 9.17) is 0 Å². The van der Waals surface area contributed by atoms with Crippen LogP contribution in [0.3, 0.4) is 0 Å². The lowest BCUT2D eigenvalue weighted by Gasteiger charge is -2.24. The molecule has 0 fully saturated rings. The summed E-state index contributed by atoms with van der Waals surface area (Å²) >= 11 is 0. The Morgan fingerprint density at radius 2 is 1.81 bits per heavy atom. The number of benzene rings is 1. The summed E-state index contributed by atoms with van der Waals surface area (Å²) in [7, 11) is -2.16. The molecule has 0 spiro atoms. The fourth-order valence-electron chi connectivity index (χ4n) is 3.39. The quantitative estimate of drug-likeness (QED) is 0.374. The monoisotopic (exact) mass is 479 g/mol. The fourth-order valence-corrected chi connectivity index (χ4v) is 4.44. The molecule has 0 bridgehead atoms. The van der Waals surface area contributed by atoms with Gasteiger partial charge < -0.3 is 4.98 Å². The summed E-state index contributed by atoms with van der Waals surface area (Å²) in [6, 6.07) is 1.30. The molecule has 3 atom stereocenters. The molecule has 1 heterocycles. The molecule has 0 amide bonds. The van der Waals surface area contributed by atoms with Crippen LogP contribution in [0, 0.1) is 24.5 Å². The van der Waals surface area contributed by atoms with Gasteiger partial charge in [-0.2, -0.15) is 0 Å². The Balaban J connectivity index is 0.000000291. The Morgan fingerprint density at radius 1 is 1.25 bits per heavy atom. The van der Waals surface area contributed by atoms with Crippen molar-refractivity contribution in [3.63, 3.8) is 0 Å². The van der Waals surface area contributed by atoms with E-state index in [0.29, 0.717) is 13.0 Å². The van der Waals surface area contributed by atoms with E-state index >= 15 is 0 Å². The van der Waals surface area contributed by atoms with E-state index in [1.54, 1.807) is 19.4 Å². The topological polar surface area (TPSA) is 32.9 Å². The molecule has 1 aromatic carbocycles. The van der Waals surface area contributed by atoms with Crippen molar-refractivity contribution in [2.75, 3.05) is 6.26 Å². The normalized spacial score (nSPS) is 18.3. The van der Waals surface area contributed by atoms with Crippen LogP contribution in [0.15, 0.2) is 23.2 Å². The highest BCUT2D eigenvalue weighted by molar-refractivity contribution is 7.99. The molecule has 1 aliphatic rings. The molecule has 0 radical (unpaired) electrons. The Kier molecular flexibility index (Phi) is 10.00. The van der Waals surface area contributed by atoms with Gasteiger partial charge in [0, 0.05) is 25.1 Å². The molecule has 182 valence electrons. The predicted molar refractivity (Wildman–Crippen MR) is 123 cm³/mol. The average Bonchev–Trinajstić information content (AvgIpc) is 3.08. The zero-order valence-corrected chi connectivity index (χ0v) is 20.4. The van der Waals surface area contributed by atoms with Gasteiger partial charge in [0.05, 0.1) is 10.5 Å². The van der Waals surface area contributed by atoms with Crippen LogP contribution in [0.25, 0.3) is 0 Å². The first kappa shape index (κ1) is 28.2. The maximum Gasteiger partial charge on any atom is 0.273 e. The van der Waals surface area contributed by atoms with E-state index in [0.717, 1.165) is 41.5 Å². The summed E-state index contributed by atoms with van der Waals surface area (Å²) in [5.74, 6) is -1.44. The third-order valence-electron chi connectivity index (χ3n) is 5.11. The van der Waals surface area contributed by atoms with Gasteiger partial charge in [-0.1, -0.05) is 20.3 Å². The van der Waals surface area contributed by atoms with E-state index in [1.165, 1.54) is 13.3 Å². The number of fused-ring (bicyclic) bond motifs is 1. The Bertz CT molecular complexity index is 991. The Hall–Kier alpha value is -1.83. The van der Waals surface area contributed by atoms with Gasteiger partial charge in [-0.3, -0.25) is 4.21 Å². The van der Waals surface area contributed by atoms with Crippen LogP contribution in [0.4, 0.5) is 22.0 Å². The highest BCUT2D eigenvalue weighted by Crippen LogP contribution is 2.32. The number of aromatic amines is 1. The van der Waals surface area contributed by atoms with Crippen LogP contribution in [0.1, 0.15) is 62.9 Å². The zero-order chi connectivity index (χ0) is 24.9. The third kappa shape index (κ3) is 7.64. The number of aromatic nitrogens is 1. The molecule has 0 saturated heterocycles. The molecule has 1 aliphatic carbocycles. The molecule has 3 unspecified atom stereocenters. The smallest absolute Gasteiger partial charge is 0.273 e. The third-order valence-corrected chi connectivity index (χ3v) is 6.40. The van der Waals surface area contributed by atoms with Crippen LogP contribution in [0.2, 0.25) is 0 Å². The summed E-state index contributed by atoms with van der Waals surface area (Å²) in [6.07, 6.45) is 6.29. The number of aryl methyl sites for hydroxylation is 1. The van der Waals surface area contributed by atoms with Crippen LogP contribution in [0.5, 0.6) is 0 Å². The van der Waals surface area contributed by atoms with Crippen molar-refractivity contribution < 1.29 is 26.2 Å². The summed E-state index contributed by atoms with van der Waals surface area (Å²) in [5, 5.41) is 0. The number of hydrogen-bond acceptors (Lipinski definition) is 1. The molecule has 8 heteroatoms. The number of hydrogen-bond donors (Lipinski definition) is 1. The summed E-state index contributed by atoms with van der Waals surface area (Å²) in [5.41, 5.74) is 1.27.